The minimum absolute atomic E-state index is 0.141. The molecule has 0 aliphatic carbocycles. The standard InChI is InChI=1S/C19H15ClF3N3O2/c1-9(26(2)19(28)25-10-3-5-14(21)13(20)7-10)12-8-24-18(27)16-11(12)4-6-15(22)17(16)23/h3-9H,1-2H3,(H,24,27)(H,25,28)/t9-/m1/s1. The Hall–Kier alpha value is -3.00. The molecule has 0 unspecified atom stereocenters. The number of carbonyl (C=O) groups excluding carboxylic acids is 1. The Bertz CT molecular complexity index is 1130. The van der Waals surface area contributed by atoms with Gasteiger partial charge in [-0.2, -0.15) is 0 Å². The number of pyridine rings is 1. The smallest absolute Gasteiger partial charge is 0.322 e. The van der Waals surface area contributed by atoms with E-state index in [1.807, 2.05) is 0 Å². The molecule has 1 aromatic heterocycles. The SMILES string of the molecule is C[C@H](c1c[nH]c(=O)c2c(F)c(F)ccc12)N(C)C(=O)Nc1ccc(F)c(Cl)c1. The van der Waals surface area contributed by atoms with E-state index in [9.17, 15) is 22.8 Å². The lowest BCUT2D eigenvalue weighted by Crippen LogP contribution is -2.34. The van der Waals surface area contributed by atoms with Crippen LogP contribution < -0.4 is 10.9 Å². The van der Waals surface area contributed by atoms with E-state index in [4.69, 9.17) is 11.6 Å². The molecule has 2 aromatic carbocycles. The van der Waals surface area contributed by atoms with Crippen LogP contribution in [0, 0.1) is 17.5 Å². The lowest BCUT2D eigenvalue weighted by Gasteiger charge is -2.26. The molecule has 5 nitrogen and oxygen atoms in total. The molecule has 0 saturated carbocycles. The summed E-state index contributed by atoms with van der Waals surface area (Å²) >= 11 is 5.70. The quantitative estimate of drug-likeness (QED) is 0.651. The first-order valence-electron chi connectivity index (χ1n) is 8.19. The number of anilines is 1. The largest absolute Gasteiger partial charge is 0.328 e. The number of urea groups is 1. The lowest BCUT2D eigenvalue weighted by atomic mass is 10.0. The number of hydrogen-bond acceptors (Lipinski definition) is 2. The minimum atomic E-state index is -1.25. The highest BCUT2D eigenvalue weighted by Gasteiger charge is 2.22. The maximum atomic E-state index is 14.1. The Morgan fingerprint density at radius 1 is 1.18 bits per heavy atom. The number of carbonyl (C=O) groups is 1. The molecule has 1 heterocycles. The van der Waals surface area contributed by atoms with E-state index in [0.717, 1.165) is 12.1 Å². The molecular weight excluding hydrogens is 395 g/mol. The van der Waals surface area contributed by atoms with Gasteiger partial charge in [-0.3, -0.25) is 4.79 Å². The molecule has 28 heavy (non-hydrogen) atoms. The summed E-state index contributed by atoms with van der Waals surface area (Å²) in [6.45, 7) is 1.66. The molecule has 0 saturated heterocycles. The zero-order valence-electron chi connectivity index (χ0n) is 14.8. The second-order valence-corrected chi connectivity index (χ2v) is 6.61. The first-order valence-corrected chi connectivity index (χ1v) is 8.56. The summed E-state index contributed by atoms with van der Waals surface area (Å²) in [5.74, 6) is -3.00. The van der Waals surface area contributed by atoms with Crippen molar-refractivity contribution in [3.8, 4) is 0 Å². The Balaban J connectivity index is 1.93. The number of amides is 2. The van der Waals surface area contributed by atoms with Crippen molar-refractivity contribution in [1.82, 2.24) is 9.88 Å². The van der Waals surface area contributed by atoms with Gasteiger partial charge in [-0.1, -0.05) is 17.7 Å². The molecule has 2 N–H and O–H groups in total. The molecular formula is C19H15ClF3N3O2. The van der Waals surface area contributed by atoms with Gasteiger partial charge in [-0.15, -0.1) is 0 Å². The summed E-state index contributed by atoms with van der Waals surface area (Å²) in [5, 5.41) is 2.21. The summed E-state index contributed by atoms with van der Waals surface area (Å²) in [6.07, 6.45) is 1.35. The van der Waals surface area contributed by atoms with E-state index < -0.39 is 40.5 Å². The van der Waals surface area contributed by atoms with E-state index in [0.29, 0.717) is 5.56 Å². The van der Waals surface area contributed by atoms with Gasteiger partial charge < -0.3 is 15.2 Å². The highest BCUT2D eigenvalue weighted by Crippen LogP contribution is 2.28. The number of nitrogens with one attached hydrogen (secondary N) is 2. The molecule has 0 aliphatic rings. The molecule has 1 atom stereocenters. The molecule has 0 fully saturated rings. The van der Waals surface area contributed by atoms with Crippen molar-refractivity contribution in [2.75, 3.05) is 12.4 Å². The van der Waals surface area contributed by atoms with E-state index in [2.05, 4.69) is 10.3 Å². The third kappa shape index (κ3) is 3.55. The molecule has 0 bridgehead atoms. The van der Waals surface area contributed by atoms with Gasteiger partial charge in [0.1, 0.15) is 5.82 Å². The van der Waals surface area contributed by atoms with Gasteiger partial charge in [0.25, 0.3) is 5.56 Å². The molecule has 3 aromatic rings. The van der Waals surface area contributed by atoms with E-state index >= 15 is 0 Å². The van der Waals surface area contributed by atoms with Crippen molar-refractivity contribution in [3.63, 3.8) is 0 Å². The molecule has 0 radical (unpaired) electrons. The summed E-state index contributed by atoms with van der Waals surface area (Å²) in [6, 6.07) is 4.80. The van der Waals surface area contributed by atoms with Gasteiger partial charge in [0.15, 0.2) is 11.6 Å². The average molecular weight is 410 g/mol. The molecule has 0 aliphatic heterocycles. The van der Waals surface area contributed by atoms with Crippen LogP contribution in [0.4, 0.5) is 23.7 Å². The van der Waals surface area contributed by atoms with Crippen LogP contribution >= 0.6 is 11.6 Å². The fourth-order valence-corrected chi connectivity index (χ4v) is 3.00. The normalized spacial score (nSPS) is 12.1. The number of aromatic amines is 1. The molecule has 2 amide bonds. The maximum Gasteiger partial charge on any atom is 0.322 e. The number of aromatic nitrogens is 1. The molecule has 146 valence electrons. The number of halogens is 4. The van der Waals surface area contributed by atoms with Gasteiger partial charge in [-0.25, -0.2) is 18.0 Å². The lowest BCUT2D eigenvalue weighted by molar-refractivity contribution is 0.208. The van der Waals surface area contributed by atoms with Crippen molar-refractivity contribution >= 4 is 34.1 Å². The zero-order chi connectivity index (χ0) is 20.6. The molecule has 0 spiro atoms. The number of benzene rings is 2. The van der Waals surface area contributed by atoms with Gasteiger partial charge >= 0.3 is 6.03 Å². The Kier molecular flexibility index (Phi) is 5.33. The average Bonchev–Trinajstić information content (AvgIpc) is 2.66. The third-order valence-electron chi connectivity index (χ3n) is 4.51. The van der Waals surface area contributed by atoms with Crippen LogP contribution in [0.25, 0.3) is 10.8 Å². The highest BCUT2D eigenvalue weighted by atomic mass is 35.5. The van der Waals surface area contributed by atoms with Crippen LogP contribution in [0.15, 0.2) is 41.3 Å². The fraction of sp³-hybridized carbons (Fsp3) is 0.158. The zero-order valence-corrected chi connectivity index (χ0v) is 15.6. The molecule has 9 heteroatoms. The van der Waals surface area contributed by atoms with E-state index in [1.165, 1.54) is 36.3 Å². The van der Waals surface area contributed by atoms with Gasteiger partial charge in [0.05, 0.1) is 16.5 Å². The summed E-state index contributed by atoms with van der Waals surface area (Å²) < 4.78 is 40.8. The van der Waals surface area contributed by atoms with E-state index in [-0.39, 0.29) is 16.1 Å². The fourth-order valence-electron chi connectivity index (χ4n) is 2.82. The van der Waals surface area contributed by atoms with Gasteiger partial charge in [0.2, 0.25) is 0 Å². The highest BCUT2D eigenvalue weighted by molar-refractivity contribution is 6.31. The van der Waals surface area contributed by atoms with Crippen LogP contribution in [-0.2, 0) is 0 Å². The Labute approximate surface area is 162 Å². The second kappa shape index (κ2) is 7.55. The number of hydrogen-bond donors (Lipinski definition) is 2. The van der Waals surface area contributed by atoms with Crippen molar-refractivity contribution in [3.05, 3.63) is 74.9 Å². The predicted molar refractivity (Wildman–Crippen MR) is 101 cm³/mol. The van der Waals surface area contributed by atoms with Crippen LogP contribution in [0.3, 0.4) is 0 Å². The summed E-state index contributed by atoms with van der Waals surface area (Å²) in [4.78, 5) is 28.1. The first-order chi connectivity index (χ1) is 13.2. The number of nitrogens with zero attached hydrogens (tertiary/aromatic N) is 1. The van der Waals surface area contributed by atoms with Crippen molar-refractivity contribution in [2.45, 2.75) is 13.0 Å². The van der Waals surface area contributed by atoms with Crippen LogP contribution in [0.5, 0.6) is 0 Å². The Morgan fingerprint density at radius 3 is 2.54 bits per heavy atom. The monoisotopic (exact) mass is 409 g/mol. The number of rotatable bonds is 3. The number of H-pyrrole nitrogens is 1. The molecule has 3 rings (SSSR count). The predicted octanol–water partition coefficient (Wildman–Crippen LogP) is 4.82. The van der Waals surface area contributed by atoms with Gasteiger partial charge in [0, 0.05) is 18.9 Å². The van der Waals surface area contributed by atoms with Crippen LogP contribution in [0.2, 0.25) is 5.02 Å². The van der Waals surface area contributed by atoms with Crippen LogP contribution in [-0.4, -0.2) is 23.0 Å². The van der Waals surface area contributed by atoms with Gasteiger partial charge in [-0.05, 0) is 42.1 Å². The van der Waals surface area contributed by atoms with Crippen molar-refractivity contribution in [1.29, 1.82) is 0 Å². The maximum absolute atomic E-state index is 14.1. The summed E-state index contributed by atoms with van der Waals surface area (Å²) in [5.41, 5.74) is -0.0609. The van der Waals surface area contributed by atoms with Crippen molar-refractivity contribution in [2.24, 2.45) is 0 Å². The van der Waals surface area contributed by atoms with E-state index in [1.54, 1.807) is 6.92 Å². The van der Waals surface area contributed by atoms with Crippen molar-refractivity contribution < 1.29 is 18.0 Å². The second-order valence-electron chi connectivity index (χ2n) is 6.20. The number of fused-ring (bicyclic) bond motifs is 1. The topological polar surface area (TPSA) is 65.2 Å². The summed E-state index contributed by atoms with van der Waals surface area (Å²) in [7, 11) is 1.49. The Morgan fingerprint density at radius 2 is 1.86 bits per heavy atom. The van der Waals surface area contributed by atoms with Crippen LogP contribution in [0.1, 0.15) is 18.5 Å². The minimum Gasteiger partial charge on any atom is -0.328 e. The first kappa shape index (κ1) is 19.8. The third-order valence-corrected chi connectivity index (χ3v) is 4.80.